The van der Waals surface area contributed by atoms with Crippen LogP contribution in [0, 0.1) is 0 Å². The molecule has 0 unspecified atom stereocenters. The van der Waals surface area contributed by atoms with Gasteiger partial charge in [-0.3, -0.25) is 9.69 Å². The van der Waals surface area contributed by atoms with Crippen LogP contribution in [0.2, 0.25) is 0 Å². The van der Waals surface area contributed by atoms with Crippen molar-refractivity contribution >= 4 is 16.5 Å². The Labute approximate surface area is 127 Å². The molecule has 0 saturated heterocycles. The topological polar surface area (TPSA) is 87.9 Å². The molecule has 3 N–H and O–H groups in total. The molecule has 3 heterocycles. The number of aromatic amines is 1. The molecule has 0 amide bonds. The number of nitrogen functional groups attached to an aromatic ring is 1. The zero-order valence-corrected chi connectivity index (χ0v) is 13.0. The number of nitrogens with zero attached hydrogens (tertiary/aromatic N) is 3. The summed E-state index contributed by atoms with van der Waals surface area (Å²) in [5.41, 5.74) is 7.39. The molecule has 0 spiro atoms. The van der Waals surface area contributed by atoms with Gasteiger partial charge in [-0.25, -0.2) is 9.97 Å². The lowest BCUT2D eigenvalue weighted by Crippen LogP contribution is -2.35. The third kappa shape index (κ3) is 2.98. The number of fused-ring (bicyclic) bond motifs is 1. The Morgan fingerprint density at radius 2 is 2.33 bits per heavy atom. The van der Waals surface area contributed by atoms with Gasteiger partial charge in [-0.2, -0.15) is 0 Å². The van der Waals surface area contributed by atoms with Crippen LogP contribution < -0.4 is 11.3 Å². The van der Waals surface area contributed by atoms with Crippen LogP contribution >= 0.6 is 11.3 Å². The monoisotopic (exact) mass is 305 g/mol. The summed E-state index contributed by atoms with van der Waals surface area (Å²) in [4.78, 5) is 27.2. The van der Waals surface area contributed by atoms with Crippen molar-refractivity contribution in [3.8, 4) is 0 Å². The van der Waals surface area contributed by atoms with E-state index in [-0.39, 0.29) is 11.5 Å². The number of anilines is 1. The Bertz CT molecular complexity index is 706. The smallest absolute Gasteiger partial charge is 0.255 e. The van der Waals surface area contributed by atoms with Gasteiger partial charge in [0.25, 0.3) is 5.56 Å². The molecule has 0 fully saturated rings. The Kier molecular flexibility index (Phi) is 3.77. The first-order valence-electron chi connectivity index (χ1n) is 7.07. The summed E-state index contributed by atoms with van der Waals surface area (Å²) in [5, 5.41) is 0.587. The van der Waals surface area contributed by atoms with Crippen LogP contribution in [0.5, 0.6) is 0 Å². The Balaban J connectivity index is 1.81. The van der Waals surface area contributed by atoms with E-state index in [0.29, 0.717) is 11.7 Å². The van der Waals surface area contributed by atoms with Crippen molar-refractivity contribution in [2.45, 2.75) is 39.3 Å². The number of rotatable bonds is 3. The highest BCUT2D eigenvalue weighted by molar-refractivity contribution is 7.15. The molecule has 1 aliphatic heterocycles. The van der Waals surface area contributed by atoms with E-state index in [1.165, 1.54) is 11.3 Å². The van der Waals surface area contributed by atoms with Crippen molar-refractivity contribution in [3.63, 3.8) is 0 Å². The standard InChI is InChI=1S/C14H19N5OS/c1-8(2)12-17-11-3-4-19(7-10(11)13(20)18-12)6-9-5-16-14(15)21-9/h5,8H,3-4,6-7H2,1-2H3,(H2,15,16)(H,17,18,20). The van der Waals surface area contributed by atoms with Gasteiger partial charge in [0.2, 0.25) is 0 Å². The average Bonchev–Trinajstić information content (AvgIpc) is 2.84. The van der Waals surface area contributed by atoms with Gasteiger partial charge in [-0.1, -0.05) is 13.8 Å². The molecular weight excluding hydrogens is 286 g/mol. The number of thiazole rings is 1. The molecule has 21 heavy (non-hydrogen) atoms. The fraction of sp³-hybridized carbons (Fsp3) is 0.500. The highest BCUT2D eigenvalue weighted by atomic mass is 32.1. The predicted molar refractivity (Wildman–Crippen MR) is 83.3 cm³/mol. The fourth-order valence-corrected chi connectivity index (χ4v) is 3.25. The van der Waals surface area contributed by atoms with E-state index in [9.17, 15) is 4.79 Å². The lowest BCUT2D eigenvalue weighted by atomic mass is 10.1. The first-order valence-corrected chi connectivity index (χ1v) is 7.89. The number of hydrogen-bond acceptors (Lipinski definition) is 6. The zero-order valence-electron chi connectivity index (χ0n) is 12.2. The minimum absolute atomic E-state index is 0.00258. The number of aromatic nitrogens is 3. The van der Waals surface area contributed by atoms with E-state index in [1.54, 1.807) is 6.20 Å². The van der Waals surface area contributed by atoms with Crippen LogP contribution in [0.4, 0.5) is 5.13 Å². The lowest BCUT2D eigenvalue weighted by molar-refractivity contribution is 0.243. The van der Waals surface area contributed by atoms with E-state index in [4.69, 9.17) is 5.73 Å². The van der Waals surface area contributed by atoms with Crippen molar-refractivity contribution in [2.24, 2.45) is 0 Å². The second-order valence-corrected chi connectivity index (χ2v) is 6.80. The minimum Gasteiger partial charge on any atom is -0.375 e. The molecular formula is C14H19N5OS. The molecule has 2 aromatic heterocycles. The summed E-state index contributed by atoms with van der Waals surface area (Å²) in [6, 6.07) is 0. The molecule has 6 nitrogen and oxygen atoms in total. The van der Waals surface area contributed by atoms with Crippen molar-refractivity contribution < 1.29 is 0 Å². The Hall–Kier alpha value is -1.73. The molecule has 7 heteroatoms. The molecule has 2 aromatic rings. The van der Waals surface area contributed by atoms with Gasteiger partial charge in [-0.05, 0) is 0 Å². The zero-order chi connectivity index (χ0) is 15.0. The van der Waals surface area contributed by atoms with Gasteiger partial charge in [-0.15, -0.1) is 11.3 Å². The Morgan fingerprint density at radius 1 is 1.52 bits per heavy atom. The third-order valence-electron chi connectivity index (χ3n) is 3.66. The predicted octanol–water partition coefficient (Wildman–Crippen LogP) is 1.49. The van der Waals surface area contributed by atoms with Crippen LogP contribution in [0.1, 0.15) is 41.7 Å². The fourth-order valence-electron chi connectivity index (χ4n) is 2.52. The molecule has 0 aromatic carbocycles. The molecule has 1 aliphatic rings. The third-order valence-corrected chi connectivity index (χ3v) is 4.48. The Morgan fingerprint density at radius 3 is 3.00 bits per heavy atom. The van der Waals surface area contributed by atoms with Crippen LogP contribution in [-0.4, -0.2) is 26.4 Å². The van der Waals surface area contributed by atoms with Gasteiger partial charge in [0.05, 0.1) is 11.3 Å². The molecule has 0 aliphatic carbocycles. The van der Waals surface area contributed by atoms with E-state index in [2.05, 4.69) is 19.9 Å². The van der Waals surface area contributed by atoms with Gasteiger partial charge in [0, 0.05) is 43.0 Å². The van der Waals surface area contributed by atoms with Crippen LogP contribution in [0.3, 0.4) is 0 Å². The summed E-state index contributed by atoms with van der Waals surface area (Å²) in [5.74, 6) is 1.02. The number of nitrogens with two attached hydrogens (primary N) is 1. The van der Waals surface area contributed by atoms with Crippen molar-refractivity contribution in [1.29, 1.82) is 0 Å². The lowest BCUT2D eigenvalue weighted by Gasteiger charge is -2.27. The SMILES string of the molecule is CC(C)c1nc2c(c(=O)[nH]1)CN(Cc1cnc(N)s1)CC2. The summed E-state index contributed by atoms with van der Waals surface area (Å²) in [7, 11) is 0. The largest absolute Gasteiger partial charge is 0.375 e. The quantitative estimate of drug-likeness (QED) is 0.897. The first kappa shape index (κ1) is 14.2. The van der Waals surface area contributed by atoms with Crippen LogP contribution in [0.15, 0.2) is 11.0 Å². The molecule has 112 valence electrons. The van der Waals surface area contributed by atoms with Gasteiger partial charge in [0.15, 0.2) is 5.13 Å². The van der Waals surface area contributed by atoms with E-state index < -0.39 is 0 Å². The number of H-pyrrole nitrogens is 1. The number of nitrogens with one attached hydrogen (secondary N) is 1. The van der Waals surface area contributed by atoms with Crippen LogP contribution in [-0.2, 0) is 19.5 Å². The number of hydrogen-bond donors (Lipinski definition) is 2. The van der Waals surface area contributed by atoms with Gasteiger partial charge >= 0.3 is 0 Å². The second kappa shape index (κ2) is 5.57. The molecule has 0 saturated carbocycles. The van der Waals surface area contributed by atoms with Crippen molar-refractivity contribution in [3.05, 3.63) is 38.5 Å². The summed E-state index contributed by atoms with van der Waals surface area (Å²) in [6.07, 6.45) is 2.62. The molecule has 3 rings (SSSR count). The van der Waals surface area contributed by atoms with Gasteiger partial charge < -0.3 is 10.7 Å². The van der Waals surface area contributed by atoms with E-state index in [0.717, 1.165) is 41.5 Å². The maximum Gasteiger partial charge on any atom is 0.255 e. The van der Waals surface area contributed by atoms with Crippen molar-refractivity contribution in [1.82, 2.24) is 19.9 Å². The highest BCUT2D eigenvalue weighted by Gasteiger charge is 2.22. The summed E-state index contributed by atoms with van der Waals surface area (Å²) < 4.78 is 0. The van der Waals surface area contributed by atoms with E-state index in [1.807, 2.05) is 13.8 Å². The molecule has 0 atom stereocenters. The average molecular weight is 305 g/mol. The van der Waals surface area contributed by atoms with Crippen LogP contribution in [0.25, 0.3) is 0 Å². The highest BCUT2D eigenvalue weighted by Crippen LogP contribution is 2.21. The van der Waals surface area contributed by atoms with Crippen molar-refractivity contribution in [2.75, 3.05) is 12.3 Å². The molecule has 0 bridgehead atoms. The summed E-state index contributed by atoms with van der Waals surface area (Å²) in [6.45, 7) is 6.38. The summed E-state index contributed by atoms with van der Waals surface area (Å²) >= 11 is 1.50. The maximum absolute atomic E-state index is 12.2. The maximum atomic E-state index is 12.2. The normalized spacial score (nSPS) is 15.4. The minimum atomic E-state index is -0.00258. The van der Waals surface area contributed by atoms with E-state index >= 15 is 0 Å². The second-order valence-electron chi connectivity index (χ2n) is 5.66. The first-order chi connectivity index (χ1) is 10.0. The molecule has 0 radical (unpaired) electrons. The van der Waals surface area contributed by atoms with Gasteiger partial charge in [0.1, 0.15) is 5.82 Å².